The molecule has 9 nitrogen and oxygen atoms in total. The Kier molecular flexibility index (Phi) is 6.07. The van der Waals surface area contributed by atoms with E-state index in [1.54, 1.807) is 28.9 Å². The minimum absolute atomic E-state index is 0.197. The van der Waals surface area contributed by atoms with E-state index in [0.29, 0.717) is 48.0 Å². The highest BCUT2D eigenvalue weighted by Crippen LogP contribution is 2.34. The van der Waals surface area contributed by atoms with Crippen molar-refractivity contribution in [3.05, 3.63) is 40.3 Å². The number of H-pyrrole nitrogens is 1. The average Bonchev–Trinajstić information content (AvgIpc) is 3.00. The molecule has 0 spiro atoms. The first-order valence-electron chi connectivity index (χ1n) is 11.7. The molecule has 2 aliphatic rings. The summed E-state index contributed by atoms with van der Waals surface area (Å²) < 4.78 is 29.3. The molecule has 2 N–H and O–H groups in total. The van der Waals surface area contributed by atoms with Gasteiger partial charge >= 0.3 is 0 Å². The quantitative estimate of drug-likeness (QED) is 0.605. The number of benzene rings is 1. The molecule has 3 heterocycles. The van der Waals surface area contributed by atoms with Crippen molar-refractivity contribution in [3.63, 3.8) is 0 Å². The van der Waals surface area contributed by atoms with Crippen LogP contribution < -0.4 is 10.9 Å². The number of hydrogen-bond acceptors (Lipinski definition) is 6. The van der Waals surface area contributed by atoms with Gasteiger partial charge in [0.25, 0.3) is 5.56 Å². The van der Waals surface area contributed by atoms with Gasteiger partial charge in [-0.25, -0.2) is 18.1 Å². The molecule has 0 atom stereocenters. The molecular weight excluding hydrogens is 440 g/mol. The van der Waals surface area contributed by atoms with Crippen molar-refractivity contribution in [1.82, 2.24) is 29.4 Å². The summed E-state index contributed by atoms with van der Waals surface area (Å²) in [5, 5.41) is 8.45. The molecule has 10 heteroatoms. The van der Waals surface area contributed by atoms with Crippen molar-refractivity contribution >= 4 is 21.1 Å². The number of rotatable bonds is 4. The van der Waals surface area contributed by atoms with E-state index in [-0.39, 0.29) is 10.5 Å². The first-order chi connectivity index (χ1) is 15.9. The number of sulfonamides is 1. The minimum Gasteiger partial charge on any atom is -0.315 e. The molecule has 3 aromatic rings. The van der Waals surface area contributed by atoms with Crippen LogP contribution in [0.1, 0.15) is 50.1 Å². The van der Waals surface area contributed by atoms with E-state index in [1.165, 1.54) is 10.7 Å². The van der Waals surface area contributed by atoms with Crippen LogP contribution in [0.25, 0.3) is 22.4 Å². The number of nitrogens with one attached hydrogen (secondary N) is 2. The molecular formula is C23H30N6O3S. The highest BCUT2D eigenvalue weighted by Gasteiger charge is 2.26. The second-order valence-corrected chi connectivity index (χ2v) is 10.9. The molecule has 0 bridgehead atoms. The standard InChI is InChI=1S/C23H30N6O3S/c1-28-22-19(20(27-28)16-6-3-2-4-7-16)23(30)26-21(25-22)17-8-10-18(11-9-17)33(31,32)29-14-5-12-24-13-15-29/h8-11,16,24H,2-7,12-15H2,1H3,(H,25,26,30). The number of fused-ring (bicyclic) bond motifs is 1. The summed E-state index contributed by atoms with van der Waals surface area (Å²) in [4.78, 5) is 20.9. The number of aromatic amines is 1. The van der Waals surface area contributed by atoms with Gasteiger partial charge < -0.3 is 10.3 Å². The molecule has 0 amide bonds. The van der Waals surface area contributed by atoms with Crippen molar-refractivity contribution < 1.29 is 8.42 Å². The Morgan fingerprint density at radius 2 is 1.76 bits per heavy atom. The minimum atomic E-state index is -3.56. The maximum Gasteiger partial charge on any atom is 0.262 e. The molecule has 2 fully saturated rings. The molecule has 1 saturated carbocycles. The molecule has 1 aromatic carbocycles. The van der Waals surface area contributed by atoms with Crippen LogP contribution in [0, 0.1) is 0 Å². The predicted octanol–water partition coefficient (Wildman–Crippen LogP) is 2.36. The van der Waals surface area contributed by atoms with Gasteiger partial charge in [0.05, 0.1) is 10.6 Å². The van der Waals surface area contributed by atoms with Crippen molar-refractivity contribution in [2.45, 2.75) is 49.3 Å². The summed E-state index contributed by atoms with van der Waals surface area (Å²) in [6.45, 7) is 2.44. The lowest BCUT2D eigenvalue weighted by molar-refractivity contribution is 0.432. The Hall–Kier alpha value is -2.56. The normalized spacial score (nSPS) is 19.1. The Balaban J connectivity index is 1.47. The van der Waals surface area contributed by atoms with Gasteiger partial charge in [-0.05, 0) is 50.1 Å². The van der Waals surface area contributed by atoms with Gasteiger partial charge in [0, 0.05) is 38.2 Å². The lowest BCUT2D eigenvalue weighted by Gasteiger charge is -2.19. The fourth-order valence-corrected chi connectivity index (χ4v) is 6.46. The van der Waals surface area contributed by atoms with Crippen LogP contribution in [0.4, 0.5) is 0 Å². The summed E-state index contributed by atoms with van der Waals surface area (Å²) >= 11 is 0. The lowest BCUT2D eigenvalue weighted by Crippen LogP contribution is -2.34. The number of aromatic nitrogens is 4. The first kappa shape index (κ1) is 22.2. The van der Waals surface area contributed by atoms with Crippen molar-refractivity contribution in [3.8, 4) is 11.4 Å². The average molecular weight is 471 g/mol. The predicted molar refractivity (Wildman–Crippen MR) is 127 cm³/mol. The second-order valence-electron chi connectivity index (χ2n) is 8.99. The summed E-state index contributed by atoms with van der Waals surface area (Å²) in [6, 6.07) is 6.57. The van der Waals surface area contributed by atoms with E-state index in [1.807, 2.05) is 7.05 Å². The van der Waals surface area contributed by atoms with Gasteiger partial charge in [0.1, 0.15) is 11.2 Å². The lowest BCUT2D eigenvalue weighted by atomic mass is 9.86. The zero-order valence-corrected chi connectivity index (χ0v) is 19.7. The van der Waals surface area contributed by atoms with Crippen LogP contribution in [0.2, 0.25) is 0 Å². The number of aryl methyl sites for hydroxylation is 1. The number of hydrogen-bond donors (Lipinski definition) is 2. The van der Waals surface area contributed by atoms with E-state index in [0.717, 1.165) is 44.3 Å². The SMILES string of the molecule is Cn1nc(C2CCCCC2)c2c(=O)[nH]c(-c3ccc(S(=O)(=O)N4CCCNCC4)cc3)nc21. The summed E-state index contributed by atoms with van der Waals surface area (Å²) in [6.07, 6.45) is 6.45. The van der Waals surface area contributed by atoms with Gasteiger partial charge in [0.2, 0.25) is 10.0 Å². The van der Waals surface area contributed by atoms with Crippen LogP contribution >= 0.6 is 0 Å². The Morgan fingerprint density at radius 3 is 2.52 bits per heavy atom. The fourth-order valence-electron chi connectivity index (χ4n) is 4.98. The van der Waals surface area contributed by atoms with Crippen LogP contribution in [0.3, 0.4) is 0 Å². The highest BCUT2D eigenvalue weighted by atomic mass is 32.2. The zero-order chi connectivity index (χ0) is 23.0. The molecule has 1 saturated heterocycles. The molecule has 0 radical (unpaired) electrons. The Labute approximate surface area is 193 Å². The largest absolute Gasteiger partial charge is 0.315 e. The number of nitrogens with zero attached hydrogens (tertiary/aromatic N) is 4. The smallest absolute Gasteiger partial charge is 0.262 e. The Bertz CT molecular complexity index is 1300. The van der Waals surface area contributed by atoms with E-state index in [9.17, 15) is 13.2 Å². The maximum absolute atomic E-state index is 13.1. The third kappa shape index (κ3) is 4.22. The maximum atomic E-state index is 13.1. The molecule has 1 aliphatic heterocycles. The van der Waals surface area contributed by atoms with E-state index >= 15 is 0 Å². The van der Waals surface area contributed by atoms with Crippen molar-refractivity contribution in [1.29, 1.82) is 0 Å². The van der Waals surface area contributed by atoms with Crippen LogP contribution in [-0.4, -0.2) is 58.7 Å². The third-order valence-corrected chi connectivity index (χ3v) is 8.69. The highest BCUT2D eigenvalue weighted by molar-refractivity contribution is 7.89. The molecule has 0 unspecified atom stereocenters. The molecule has 5 rings (SSSR count). The fraction of sp³-hybridized carbons (Fsp3) is 0.522. The summed E-state index contributed by atoms with van der Waals surface area (Å²) in [7, 11) is -1.74. The van der Waals surface area contributed by atoms with Crippen molar-refractivity contribution in [2.75, 3.05) is 26.2 Å². The molecule has 1 aliphatic carbocycles. The topological polar surface area (TPSA) is 113 Å². The van der Waals surface area contributed by atoms with E-state index in [2.05, 4.69) is 15.4 Å². The zero-order valence-electron chi connectivity index (χ0n) is 18.9. The molecule has 176 valence electrons. The summed E-state index contributed by atoms with van der Waals surface area (Å²) in [5.41, 5.74) is 1.87. The van der Waals surface area contributed by atoms with Crippen LogP contribution in [0.5, 0.6) is 0 Å². The van der Waals surface area contributed by atoms with Gasteiger partial charge in [-0.2, -0.15) is 9.40 Å². The second kappa shape index (κ2) is 9.00. The molecule has 33 heavy (non-hydrogen) atoms. The van der Waals surface area contributed by atoms with Crippen LogP contribution in [0.15, 0.2) is 34.0 Å². The molecule has 2 aromatic heterocycles. The van der Waals surface area contributed by atoms with Gasteiger partial charge in [0.15, 0.2) is 5.65 Å². The van der Waals surface area contributed by atoms with E-state index in [4.69, 9.17) is 4.98 Å². The summed E-state index contributed by atoms with van der Waals surface area (Å²) in [5.74, 6) is 0.712. The van der Waals surface area contributed by atoms with Gasteiger partial charge in [-0.1, -0.05) is 19.3 Å². The first-order valence-corrected chi connectivity index (χ1v) is 13.2. The monoisotopic (exact) mass is 470 g/mol. The van der Waals surface area contributed by atoms with Crippen LogP contribution in [-0.2, 0) is 17.1 Å². The van der Waals surface area contributed by atoms with Crippen molar-refractivity contribution in [2.24, 2.45) is 7.05 Å². The van der Waals surface area contributed by atoms with E-state index < -0.39 is 10.0 Å². The van der Waals surface area contributed by atoms with Gasteiger partial charge in [-0.15, -0.1) is 0 Å². The van der Waals surface area contributed by atoms with Gasteiger partial charge in [-0.3, -0.25) is 4.79 Å². The Morgan fingerprint density at radius 1 is 1.00 bits per heavy atom. The third-order valence-electron chi connectivity index (χ3n) is 6.78.